The first-order valence-electron chi connectivity index (χ1n) is 6.59. The Hall–Kier alpha value is -3.29. The predicted molar refractivity (Wildman–Crippen MR) is 79.6 cm³/mol. The fraction of sp³-hybridized carbons (Fsp3) is 0.0714. The van der Waals surface area contributed by atoms with Crippen molar-refractivity contribution >= 4 is 22.1 Å². The van der Waals surface area contributed by atoms with E-state index in [-0.39, 0.29) is 17.7 Å². The summed E-state index contributed by atoms with van der Waals surface area (Å²) in [4.78, 5) is 42.0. The van der Waals surface area contributed by atoms with Crippen LogP contribution in [0.25, 0.3) is 22.1 Å². The van der Waals surface area contributed by atoms with Gasteiger partial charge in [0.15, 0.2) is 5.65 Å². The summed E-state index contributed by atoms with van der Waals surface area (Å²) in [5.74, 6) is 0.394. The van der Waals surface area contributed by atoms with Gasteiger partial charge in [-0.05, 0) is 6.07 Å². The van der Waals surface area contributed by atoms with Gasteiger partial charge in [0, 0.05) is 11.6 Å². The minimum absolute atomic E-state index is 0.00599. The molecule has 8 heteroatoms. The summed E-state index contributed by atoms with van der Waals surface area (Å²) in [6.07, 6.45) is 3.03. The highest BCUT2D eigenvalue weighted by Gasteiger charge is 2.11. The standard InChI is InChI=1S/C14H10N6O2/c21-13-11-12(17-7-16-11)19-14(22)20(13)6-10-15-5-8-3-1-2-4-9(8)18-10/h1-5,7H,6H2,(H,16,17)(H,19,22). The largest absolute Gasteiger partial charge is 0.339 e. The summed E-state index contributed by atoms with van der Waals surface area (Å²) in [5.41, 5.74) is 0.264. The lowest BCUT2D eigenvalue weighted by Crippen LogP contribution is -2.35. The van der Waals surface area contributed by atoms with Gasteiger partial charge in [-0.15, -0.1) is 0 Å². The molecule has 0 amide bonds. The summed E-state index contributed by atoms with van der Waals surface area (Å²) in [7, 11) is 0. The first kappa shape index (κ1) is 12.5. The van der Waals surface area contributed by atoms with Gasteiger partial charge in [0.1, 0.15) is 11.3 Å². The summed E-state index contributed by atoms with van der Waals surface area (Å²) >= 11 is 0. The van der Waals surface area contributed by atoms with E-state index in [0.29, 0.717) is 5.82 Å². The predicted octanol–water partition coefficient (Wildman–Crippen LogP) is 0.404. The van der Waals surface area contributed by atoms with E-state index in [1.807, 2.05) is 24.3 Å². The number of nitrogens with zero attached hydrogens (tertiary/aromatic N) is 4. The number of nitrogens with one attached hydrogen (secondary N) is 2. The molecular weight excluding hydrogens is 284 g/mol. The van der Waals surface area contributed by atoms with Crippen LogP contribution in [0.3, 0.4) is 0 Å². The fourth-order valence-electron chi connectivity index (χ4n) is 2.32. The van der Waals surface area contributed by atoms with Crippen LogP contribution in [0.15, 0.2) is 46.4 Å². The molecule has 2 N–H and O–H groups in total. The van der Waals surface area contributed by atoms with Crippen molar-refractivity contribution in [3.63, 3.8) is 0 Å². The van der Waals surface area contributed by atoms with Crippen LogP contribution in [0.5, 0.6) is 0 Å². The number of H-pyrrole nitrogens is 2. The number of aromatic amines is 2. The van der Waals surface area contributed by atoms with Crippen LogP contribution in [-0.4, -0.2) is 29.5 Å². The maximum Gasteiger partial charge on any atom is 0.330 e. The van der Waals surface area contributed by atoms with Crippen LogP contribution >= 0.6 is 0 Å². The molecule has 0 aliphatic carbocycles. The van der Waals surface area contributed by atoms with Crippen molar-refractivity contribution < 1.29 is 0 Å². The third-order valence-corrected chi connectivity index (χ3v) is 3.41. The number of aromatic nitrogens is 6. The van der Waals surface area contributed by atoms with Crippen molar-refractivity contribution in [2.24, 2.45) is 0 Å². The molecule has 0 spiro atoms. The number of benzene rings is 1. The Kier molecular flexibility index (Phi) is 2.62. The molecule has 0 fully saturated rings. The average Bonchev–Trinajstić information content (AvgIpc) is 2.99. The van der Waals surface area contributed by atoms with Crippen LogP contribution < -0.4 is 11.2 Å². The first-order chi connectivity index (χ1) is 10.7. The Morgan fingerprint density at radius 2 is 2.00 bits per heavy atom. The normalized spacial score (nSPS) is 11.3. The van der Waals surface area contributed by atoms with Gasteiger partial charge in [0.2, 0.25) is 0 Å². The molecule has 22 heavy (non-hydrogen) atoms. The third kappa shape index (κ3) is 1.89. The van der Waals surface area contributed by atoms with E-state index in [2.05, 4.69) is 24.9 Å². The monoisotopic (exact) mass is 294 g/mol. The number of hydrogen-bond acceptors (Lipinski definition) is 5. The molecule has 0 saturated carbocycles. The summed E-state index contributed by atoms with van der Waals surface area (Å²) in [6, 6.07) is 7.52. The molecule has 0 bridgehead atoms. The second-order valence-corrected chi connectivity index (χ2v) is 4.79. The Labute approximate surface area is 122 Å². The van der Waals surface area contributed by atoms with Gasteiger partial charge in [-0.1, -0.05) is 18.2 Å². The highest BCUT2D eigenvalue weighted by atomic mass is 16.2. The summed E-state index contributed by atoms with van der Waals surface area (Å²) in [5, 5.41) is 0.900. The van der Waals surface area contributed by atoms with Crippen molar-refractivity contribution in [3.05, 3.63) is 63.5 Å². The summed E-state index contributed by atoms with van der Waals surface area (Å²) in [6.45, 7) is -0.00599. The quantitative estimate of drug-likeness (QED) is 0.556. The highest BCUT2D eigenvalue weighted by Crippen LogP contribution is 2.09. The second-order valence-electron chi connectivity index (χ2n) is 4.79. The number of imidazole rings is 1. The Balaban J connectivity index is 1.85. The van der Waals surface area contributed by atoms with Gasteiger partial charge in [-0.25, -0.2) is 19.7 Å². The van der Waals surface area contributed by atoms with Crippen LogP contribution in [-0.2, 0) is 6.54 Å². The van der Waals surface area contributed by atoms with E-state index in [4.69, 9.17) is 0 Å². The molecule has 4 rings (SSSR count). The van der Waals surface area contributed by atoms with Crippen molar-refractivity contribution in [2.75, 3.05) is 0 Å². The van der Waals surface area contributed by atoms with Crippen LogP contribution in [0, 0.1) is 0 Å². The molecule has 0 aliphatic heterocycles. The van der Waals surface area contributed by atoms with Gasteiger partial charge < -0.3 is 4.98 Å². The van der Waals surface area contributed by atoms with E-state index in [0.717, 1.165) is 15.5 Å². The maximum atomic E-state index is 12.3. The molecule has 108 valence electrons. The van der Waals surface area contributed by atoms with Crippen molar-refractivity contribution in [2.45, 2.75) is 6.54 Å². The van der Waals surface area contributed by atoms with Crippen molar-refractivity contribution in [1.82, 2.24) is 29.5 Å². The maximum absolute atomic E-state index is 12.3. The zero-order valence-electron chi connectivity index (χ0n) is 11.3. The molecule has 0 unspecified atom stereocenters. The van der Waals surface area contributed by atoms with E-state index in [1.165, 1.54) is 6.33 Å². The van der Waals surface area contributed by atoms with Crippen LogP contribution in [0.1, 0.15) is 5.82 Å². The van der Waals surface area contributed by atoms with Gasteiger partial charge >= 0.3 is 5.69 Å². The van der Waals surface area contributed by atoms with Gasteiger partial charge in [-0.3, -0.25) is 14.3 Å². The van der Waals surface area contributed by atoms with Crippen LogP contribution in [0.2, 0.25) is 0 Å². The number of hydrogen-bond donors (Lipinski definition) is 2. The van der Waals surface area contributed by atoms with Crippen LogP contribution in [0.4, 0.5) is 0 Å². The SMILES string of the molecule is O=c1[nH]c2nc[nH]c2c(=O)n1Cc1ncc2ccccc2n1. The summed E-state index contributed by atoms with van der Waals surface area (Å²) < 4.78 is 1.05. The zero-order valence-corrected chi connectivity index (χ0v) is 11.3. The third-order valence-electron chi connectivity index (χ3n) is 3.41. The van der Waals surface area contributed by atoms with E-state index < -0.39 is 11.2 Å². The molecule has 0 saturated heterocycles. The lowest BCUT2D eigenvalue weighted by atomic mass is 10.2. The lowest BCUT2D eigenvalue weighted by molar-refractivity contribution is 0.678. The lowest BCUT2D eigenvalue weighted by Gasteiger charge is -2.04. The average molecular weight is 294 g/mol. The minimum Gasteiger partial charge on any atom is -0.339 e. The Morgan fingerprint density at radius 3 is 2.91 bits per heavy atom. The Bertz CT molecular complexity index is 1110. The molecule has 0 atom stereocenters. The Morgan fingerprint density at radius 1 is 1.14 bits per heavy atom. The first-order valence-corrected chi connectivity index (χ1v) is 6.59. The molecule has 0 aliphatic rings. The number of rotatable bonds is 2. The highest BCUT2D eigenvalue weighted by molar-refractivity contribution is 5.77. The topological polar surface area (TPSA) is 109 Å². The van der Waals surface area contributed by atoms with E-state index in [1.54, 1.807) is 6.20 Å². The second kappa shape index (κ2) is 4.62. The van der Waals surface area contributed by atoms with Crippen molar-refractivity contribution in [1.29, 1.82) is 0 Å². The smallest absolute Gasteiger partial charge is 0.330 e. The molecule has 8 nitrogen and oxygen atoms in total. The molecule has 3 heterocycles. The van der Waals surface area contributed by atoms with E-state index >= 15 is 0 Å². The number of para-hydroxylation sites is 1. The van der Waals surface area contributed by atoms with Gasteiger partial charge in [0.25, 0.3) is 5.56 Å². The van der Waals surface area contributed by atoms with Gasteiger partial charge in [-0.2, -0.15) is 0 Å². The van der Waals surface area contributed by atoms with Crippen molar-refractivity contribution in [3.8, 4) is 0 Å². The molecule has 4 aromatic rings. The zero-order chi connectivity index (χ0) is 15.1. The fourth-order valence-corrected chi connectivity index (χ4v) is 2.32. The number of fused-ring (bicyclic) bond motifs is 2. The molecule has 0 radical (unpaired) electrons. The molecule has 3 aromatic heterocycles. The van der Waals surface area contributed by atoms with Gasteiger partial charge in [0.05, 0.1) is 18.4 Å². The molecule has 1 aromatic carbocycles. The minimum atomic E-state index is -0.540. The van der Waals surface area contributed by atoms with E-state index in [9.17, 15) is 9.59 Å². The molecular formula is C14H10N6O2.